The lowest BCUT2D eigenvalue weighted by Gasteiger charge is -2.26. The molecule has 0 saturated heterocycles. The first-order valence-corrected chi connectivity index (χ1v) is 20.4. The summed E-state index contributed by atoms with van der Waals surface area (Å²) in [6.07, 6.45) is 5.98. The monoisotopic (exact) mass is 765 g/mol. The van der Waals surface area contributed by atoms with E-state index in [-0.39, 0.29) is 0 Å². The van der Waals surface area contributed by atoms with Crippen LogP contribution in [0.5, 0.6) is 0 Å². The number of para-hydroxylation sites is 2. The third kappa shape index (κ3) is 6.14. The largest absolute Gasteiger partial charge is 0.455 e. The summed E-state index contributed by atoms with van der Waals surface area (Å²) in [5, 5.41) is 9.72. The molecular weight excluding hydrogens is 727 g/mol. The van der Waals surface area contributed by atoms with Crippen molar-refractivity contribution in [2.45, 2.75) is 0 Å². The molecule has 282 valence electrons. The molecule has 0 N–H and O–H groups in total. The van der Waals surface area contributed by atoms with Crippen molar-refractivity contribution in [3.05, 3.63) is 231 Å². The van der Waals surface area contributed by atoms with E-state index in [1.165, 1.54) is 49.0 Å². The van der Waals surface area contributed by atoms with Gasteiger partial charge in [-0.15, -0.1) is 0 Å². The lowest BCUT2D eigenvalue weighted by atomic mass is 9.93. The second kappa shape index (κ2) is 14.8. The fourth-order valence-electron chi connectivity index (χ4n) is 8.90. The molecule has 10 aromatic carbocycles. The van der Waals surface area contributed by atoms with E-state index in [1.54, 1.807) is 0 Å². The van der Waals surface area contributed by atoms with E-state index in [0.717, 1.165) is 61.3 Å². The number of anilines is 3. The topological polar surface area (TPSA) is 16.4 Å². The summed E-state index contributed by atoms with van der Waals surface area (Å²) in [7, 11) is 0. The Hall–Kier alpha value is -7.94. The third-order valence-electron chi connectivity index (χ3n) is 11.8. The van der Waals surface area contributed by atoms with Crippen molar-refractivity contribution in [1.29, 1.82) is 0 Å². The Morgan fingerprint density at radius 2 is 0.883 bits per heavy atom. The van der Waals surface area contributed by atoms with Gasteiger partial charge in [0.25, 0.3) is 0 Å². The van der Waals surface area contributed by atoms with Gasteiger partial charge in [0.1, 0.15) is 11.2 Å². The molecule has 0 bridgehead atoms. The molecule has 11 aromatic rings. The minimum absolute atomic E-state index is 0.902. The Morgan fingerprint density at radius 1 is 0.383 bits per heavy atom. The van der Waals surface area contributed by atoms with Crippen molar-refractivity contribution in [3.63, 3.8) is 0 Å². The van der Waals surface area contributed by atoms with Gasteiger partial charge in [0.15, 0.2) is 0 Å². The lowest BCUT2D eigenvalue weighted by molar-refractivity contribution is 0.670. The van der Waals surface area contributed by atoms with Crippen LogP contribution in [-0.4, -0.2) is 0 Å². The SMILES string of the molecule is C=C/C=C\c1cc2ccccc2cc1-c1ccc(N(c2ccc(-c3cc4ccccc4c4ccccc34)cc2)c2ccc(-c3cccc4c3oc3ccccc34)cc2)cc1. The lowest BCUT2D eigenvalue weighted by Crippen LogP contribution is -2.09. The zero-order valence-electron chi connectivity index (χ0n) is 32.9. The van der Waals surface area contributed by atoms with Crippen LogP contribution >= 0.6 is 0 Å². The Kier molecular flexibility index (Phi) is 8.68. The molecule has 1 aromatic heterocycles. The maximum atomic E-state index is 6.43. The molecule has 0 radical (unpaired) electrons. The van der Waals surface area contributed by atoms with Gasteiger partial charge < -0.3 is 9.32 Å². The maximum absolute atomic E-state index is 6.43. The number of rotatable bonds is 8. The molecule has 0 aliphatic carbocycles. The van der Waals surface area contributed by atoms with Crippen LogP contribution in [0.25, 0.3) is 93.7 Å². The second-order valence-electron chi connectivity index (χ2n) is 15.3. The quantitative estimate of drug-likeness (QED) is 0.113. The van der Waals surface area contributed by atoms with Gasteiger partial charge in [-0.2, -0.15) is 0 Å². The van der Waals surface area contributed by atoms with Crippen LogP contribution in [0.3, 0.4) is 0 Å². The highest BCUT2D eigenvalue weighted by atomic mass is 16.3. The first kappa shape index (κ1) is 35.2. The molecule has 0 aliphatic rings. The van der Waals surface area contributed by atoms with Crippen molar-refractivity contribution < 1.29 is 4.42 Å². The average Bonchev–Trinajstić information content (AvgIpc) is 3.70. The summed E-state index contributed by atoms with van der Waals surface area (Å²) in [5.74, 6) is 0. The van der Waals surface area contributed by atoms with E-state index in [1.807, 2.05) is 24.3 Å². The van der Waals surface area contributed by atoms with Crippen molar-refractivity contribution in [2.75, 3.05) is 4.90 Å². The molecule has 0 fully saturated rings. The smallest absolute Gasteiger partial charge is 0.143 e. The van der Waals surface area contributed by atoms with Crippen LogP contribution in [0.1, 0.15) is 5.56 Å². The van der Waals surface area contributed by atoms with Crippen molar-refractivity contribution in [1.82, 2.24) is 0 Å². The van der Waals surface area contributed by atoms with E-state index in [9.17, 15) is 0 Å². The highest BCUT2D eigenvalue weighted by Crippen LogP contribution is 2.42. The standard InChI is InChI=1S/C58H39NO/c1-2-3-13-44-36-42-14-4-5-15-43(42)37-55(44)40-26-32-47(33-27-40)59(46-30-24-39(25-31-46)50-21-12-22-54-53-20-10-11-23-57(53)60-58(50)54)48-34-28-41(29-35-48)56-38-45-16-6-7-17-49(45)51-18-8-9-19-52(51)56/h2-38H,1H2/b13-3-. The number of hydrogen-bond donors (Lipinski definition) is 0. The van der Waals surface area contributed by atoms with Gasteiger partial charge in [-0.3, -0.25) is 0 Å². The average molecular weight is 766 g/mol. The molecule has 2 heteroatoms. The van der Waals surface area contributed by atoms with Gasteiger partial charge in [-0.1, -0.05) is 170 Å². The highest BCUT2D eigenvalue weighted by Gasteiger charge is 2.17. The summed E-state index contributed by atoms with van der Waals surface area (Å²) in [6.45, 7) is 3.92. The zero-order chi connectivity index (χ0) is 40.0. The second-order valence-corrected chi connectivity index (χ2v) is 15.3. The van der Waals surface area contributed by atoms with Crippen LogP contribution in [0.15, 0.2) is 229 Å². The van der Waals surface area contributed by atoms with Crippen molar-refractivity contribution >= 4 is 77.4 Å². The van der Waals surface area contributed by atoms with E-state index < -0.39 is 0 Å². The summed E-state index contributed by atoms with van der Waals surface area (Å²) in [4.78, 5) is 2.34. The molecule has 0 amide bonds. The van der Waals surface area contributed by atoms with Crippen LogP contribution in [-0.2, 0) is 0 Å². The van der Waals surface area contributed by atoms with E-state index >= 15 is 0 Å². The van der Waals surface area contributed by atoms with E-state index in [2.05, 4.69) is 212 Å². The van der Waals surface area contributed by atoms with Gasteiger partial charge in [-0.05, 0) is 126 Å². The van der Waals surface area contributed by atoms with Crippen LogP contribution in [0, 0.1) is 0 Å². The third-order valence-corrected chi connectivity index (χ3v) is 11.8. The number of benzene rings is 10. The van der Waals surface area contributed by atoms with Crippen molar-refractivity contribution in [2.24, 2.45) is 0 Å². The number of hydrogen-bond acceptors (Lipinski definition) is 2. The summed E-state index contributed by atoms with van der Waals surface area (Å²) >= 11 is 0. The molecule has 1 heterocycles. The van der Waals surface area contributed by atoms with Gasteiger partial charge >= 0.3 is 0 Å². The minimum Gasteiger partial charge on any atom is -0.455 e. The fourth-order valence-corrected chi connectivity index (χ4v) is 8.90. The highest BCUT2D eigenvalue weighted by molar-refractivity contribution is 6.14. The molecule has 0 aliphatic heterocycles. The maximum Gasteiger partial charge on any atom is 0.143 e. The summed E-state index contributed by atoms with van der Waals surface area (Å²) in [6, 6.07) is 74.3. The van der Waals surface area contributed by atoms with Gasteiger partial charge in [0.2, 0.25) is 0 Å². The molecule has 0 saturated carbocycles. The molecule has 2 nitrogen and oxygen atoms in total. The Morgan fingerprint density at radius 3 is 1.55 bits per heavy atom. The Balaban J connectivity index is 1.02. The molecule has 11 rings (SSSR count). The van der Waals surface area contributed by atoms with Gasteiger partial charge in [0.05, 0.1) is 0 Å². The van der Waals surface area contributed by atoms with Gasteiger partial charge in [-0.25, -0.2) is 0 Å². The number of nitrogens with zero attached hydrogens (tertiary/aromatic N) is 1. The fraction of sp³-hybridized carbons (Fsp3) is 0. The molecule has 0 unspecified atom stereocenters. The summed E-state index contributed by atoms with van der Waals surface area (Å²) in [5.41, 5.74) is 13.1. The summed E-state index contributed by atoms with van der Waals surface area (Å²) < 4.78 is 6.43. The van der Waals surface area contributed by atoms with Crippen LogP contribution < -0.4 is 4.90 Å². The number of furan rings is 1. The molecule has 0 spiro atoms. The zero-order valence-corrected chi connectivity index (χ0v) is 32.9. The van der Waals surface area contributed by atoms with Crippen LogP contribution in [0.4, 0.5) is 17.1 Å². The molecule has 0 atom stereocenters. The van der Waals surface area contributed by atoms with Crippen LogP contribution in [0.2, 0.25) is 0 Å². The number of allylic oxidation sites excluding steroid dienone is 2. The predicted octanol–water partition coefficient (Wildman–Crippen LogP) is 16.7. The van der Waals surface area contributed by atoms with Gasteiger partial charge in [0, 0.05) is 33.4 Å². The molecule has 60 heavy (non-hydrogen) atoms. The van der Waals surface area contributed by atoms with E-state index in [0.29, 0.717) is 0 Å². The minimum atomic E-state index is 0.902. The predicted molar refractivity (Wildman–Crippen MR) is 256 cm³/mol. The van der Waals surface area contributed by atoms with E-state index in [4.69, 9.17) is 4.42 Å². The Labute approximate surface area is 349 Å². The first-order valence-electron chi connectivity index (χ1n) is 20.4. The Bertz CT molecular complexity index is 3420. The first-order chi connectivity index (χ1) is 29.7. The number of fused-ring (bicyclic) bond motifs is 7. The molecular formula is C58H39NO. The normalized spacial score (nSPS) is 11.7. The van der Waals surface area contributed by atoms with Crippen molar-refractivity contribution in [3.8, 4) is 33.4 Å².